The second kappa shape index (κ2) is 14.4. The molecule has 9 nitrogen and oxygen atoms in total. The zero-order valence-corrected chi connectivity index (χ0v) is 18.7. The third-order valence-electron chi connectivity index (χ3n) is 4.17. The van der Waals surface area contributed by atoms with Crippen molar-refractivity contribution in [1.29, 1.82) is 0 Å². The number of nitrogens with one attached hydrogen (secondary N) is 3. The van der Waals surface area contributed by atoms with E-state index in [4.69, 9.17) is 4.74 Å². The van der Waals surface area contributed by atoms with E-state index in [2.05, 4.69) is 25.8 Å². The van der Waals surface area contributed by atoms with Gasteiger partial charge in [0.25, 0.3) is 5.69 Å². The molecule has 28 heavy (non-hydrogen) atoms. The molecule has 0 saturated carbocycles. The fraction of sp³-hybridized carbons (Fsp3) is 0.611. The number of benzene rings is 1. The molecule has 0 amide bonds. The lowest BCUT2D eigenvalue weighted by Gasteiger charge is -2.26. The lowest BCUT2D eigenvalue weighted by atomic mass is 10.3. The maximum atomic E-state index is 10.7. The van der Waals surface area contributed by atoms with E-state index in [-0.39, 0.29) is 29.7 Å². The van der Waals surface area contributed by atoms with E-state index in [1.807, 2.05) is 6.92 Å². The molecule has 0 aromatic heterocycles. The number of nitro groups is 1. The number of aliphatic imine (C=N–C) groups is 1. The van der Waals surface area contributed by atoms with Crippen LogP contribution >= 0.6 is 24.0 Å². The van der Waals surface area contributed by atoms with E-state index in [9.17, 15) is 10.1 Å². The zero-order valence-electron chi connectivity index (χ0n) is 16.4. The van der Waals surface area contributed by atoms with E-state index in [0.29, 0.717) is 13.1 Å². The number of non-ortho nitro benzene ring substituents is 1. The van der Waals surface area contributed by atoms with Crippen molar-refractivity contribution in [2.75, 3.05) is 64.3 Å². The van der Waals surface area contributed by atoms with E-state index >= 15 is 0 Å². The summed E-state index contributed by atoms with van der Waals surface area (Å²) in [5.74, 6) is 0.810. The largest absolute Gasteiger partial charge is 0.383 e. The fourth-order valence-electron chi connectivity index (χ4n) is 2.74. The summed E-state index contributed by atoms with van der Waals surface area (Å²) in [5, 5.41) is 20.4. The molecule has 1 heterocycles. The van der Waals surface area contributed by atoms with E-state index < -0.39 is 4.92 Å². The molecule has 0 bridgehead atoms. The highest BCUT2D eigenvalue weighted by Crippen LogP contribution is 2.14. The molecule has 0 radical (unpaired) electrons. The molecule has 1 fully saturated rings. The van der Waals surface area contributed by atoms with E-state index in [1.165, 1.54) is 12.1 Å². The molecule has 1 aliphatic rings. The Hall–Kier alpha value is -1.66. The molecular weight excluding hydrogens is 475 g/mol. The van der Waals surface area contributed by atoms with Crippen molar-refractivity contribution in [2.45, 2.75) is 13.3 Å². The molecule has 2 rings (SSSR count). The van der Waals surface area contributed by atoms with Gasteiger partial charge in [-0.1, -0.05) is 0 Å². The average molecular weight is 506 g/mol. The highest BCUT2D eigenvalue weighted by atomic mass is 127. The Morgan fingerprint density at radius 2 is 1.93 bits per heavy atom. The van der Waals surface area contributed by atoms with Crippen LogP contribution in [0.2, 0.25) is 0 Å². The number of hydrogen-bond donors (Lipinski definition) is 3. The summed E-state index contributed by atoms with van der Waals surface area (Å²) in [7, 11) is 0. The van der Waals surface area contributed by atoms with Crippen molar-refractivity contribution >= 4 is 41.3 Å². The van der Waals surface area contributed by atoms with Crippen LogP contribution in [0.25, 0.3) is 0 Å². The number of halogens is 1. The van der Waals surface area contributed by atoms with Gasteiger partial charge in [-0.25, -0.2) is 0 Å². The molecular formula is C18H31IN6O3. The van der Waals surface area contributed by atoms with Crippen molar-refractivity contribution in [1.82, 2.24) is 15.5 Å². The van der Waals surface area contributed by atoms with Gasteiger partial charge in [-0.15, -0.1) is 24.0 Å². The maximum Gasteiger partial charge on any atom is 0.269 e. The smallest absolute Gasteiger partial charge is 0.269 e. The maximum absolute atomic E-state index is 10.7. The van der Waals surface area contributed by atoms with E-state index in [0.717, 1.165) is 64.0 Å². The third-order valence-corrected chi connectivity index (χ3v) is 4.17. The molecule has 10 heteroatoms. The van der Waals surface area contributed by atoms with Gasteiger partial charge in [0.05, 0.1) is 18.1 Å². The summed E-state index contributed by atoms with van der Waals surface area (Å²) >= 11 is 0. The number of morpholine rings is 1. The SMILES string of the molecule is CCNC(=NCCCN1CCOCC1)NCCNc1ccc([N+](=O)[O-])cc1.I. The molecule has 0 spiro atoms. The monoisotopic (exact) mass is 506 g/mol. The Balaban J connectivity index is 0.00000392. The minimum Gasteiger partial charge on any atom is -0.383 e. The van der Waals surface area contributed by atoms with Crippen molar-refractivity contribution in [3.8, 4) is 0 Å². The summed E-state index contributed by atoms with van der Waals surface area (Å²) in [6.45, 7) is 9.75. The Labute approximate surface area is 183 Å². The standard InChI is InChI=1S/C18H30N6O3.HI/c1-2-19-18(21-8-3-11-23-12-14-27-15-13-23)22-10-9-20-16-4-6-17(7-5-16)24(25)26;/h4-7,20H,2-3,8-15H2,1H3,(H2,19,21,22);1H. The number of rotatable bonds is 10. The van der Waals surface area contributed by atoms with Crippen LogP contribution in [0.5, 0.6) is 0 Å². The number of anilines is 1. The lowest BCUT2D eigenvalue weighted by molar-refractivity contribution is -0.384. The number of hydrogen-bond acceptors (Lipinski definition) is 6. The van der Waals surface area contributed by atoms with Crippen molar-refractivity contribution < 1.29 is 9.66 Å². The van der Waals surface area contributed by atoms with Crippen LogP contribution in [0.1, 0.15) is 13.3 Å². The predicted octanol–water partition coefficient (Wildman–Crippen LogP) is 1.90. The van der Waals surface area contributed by atoms with Gasteiger partial charge in [0, 0.05) is 63.6 Å². The van der Waals surface area contributed by atoms with Crippen LogP contribution in [0.3, 0.4) is 0 Å². The summed E-state index contributed by atoms with van der Waals surface area (Å²) in [6.07, 6.45) is 1.03. The first-order chi connectivity index (χ1) is 13.2. The molecule has 0 unspecified atom stereocenters. The van der Waals surface area contributed by atoms with Gasteiger partial charge in [-0.2, -0.15) is 0 Å². The Morgan fingerprint density at radius 3 is 2.57 bits per heavy atom. The first-order valence-corrected chi connectivity index (χ1v) is 9.49. The Morgan fingerprint density at radius 1 is 1.21 bits per heavy atom. The molecule has 3 N–H and O–H groups in total. The number of ether oxygens (including phenoxy) is 1. The van der Waals surface area contributed by atoms with Crippen molar-refractivity contribution in [2.24, 2.45) is 4.99 Å². The summed E-state index contributed by atoms with van der Waals surface area (Å²) in [6, 6.07) is 6.41. The predicted molar refractivity (Wildman–Crippen MR) is 123 cm³/mol. The van der Waals surface area contributed by atoms with Crippen LogP contribution < -0.4 is 16.0 Å². The Bertz CT molecular complexity index is 593. The highest BCUT2D eigenvalue weighted by Gasteiger charge is 2.09. The van der Waals surface area contributed by atoms with Crippen LogP contribution in [-0.2, 0) is 4.74 Å². The van der Waals surface area contributed by atoms with Crippen molar-refractivity contribution in [3.05, 3.63) is 34.4 Å². The lowest BCUT2D eigenvalue weighted by Crippen LogP contribution is -2.40. The minimum absolute atomic E-state index is 0. The molecule has 1 saturated heterocycles. The summed E-state index contributed by atoms with van der Waals surface area (Å²) in [5.41, 5.74) is 0.951. The molecule has 1 aliphatic heterocycles. The summed E-state index contributed by atoms with van der Waals surface area (Å²) in [4.78, 5) is 17.3. The van der Waals surface area contributed by atoms with Gasteiger partial charge in [0.1, 0.15) is 0 Å². The minimum atomic E-state index is -0.399. The first kappa shape index (κ1) is 24.4. The van der Waals surface area contributed by atoms with Gasteiger partial charge in [0.15, 0.2) is 5.96 Å². The quantitative estimate of drug-likeness (QED) is 0.111. The number of guanidine groups is 1. The van der Waals surface area contributed by atoms with Gasteiger partial charge in [-0.05, 0) is 25.5 Å². The third kappa shape index (κ3) is 9.51. The molecule has 158 valence electrons. The van der Waals surface area contributed by atoms with Crippen LogP contribution in [0, 0.1) is 10.1 Å². The number of nitro benzene ring substituents is 1. The highest BCUT2D eigenvalue weighted by molar-refractivity contribution is 14.0. The van der Waals surface area contributed by atoms with Gasteiger partial charge >= 0.3 is 0 Å². The number of nitrogens with zero attached hydrogens (tertiary/aromatic N) is 3. The molecule has 1 aromatic carbocycles. The van der Waals surface area contributed by atoms with Gasteiger partial charge < -0.3 is 20.7 Å². The second-order valence-corrected chi connectivity index (χ2v) is 6.23. The topological polar surface area (TPSA) is 104 Å². The molecule has 0 aliphatic carbocycles. The fourth-order valence-corrected chi connectivity index (χ4v) is 2.74. The molecule has 0 atom stereocenters. The summed E-state index contributed by atoms with van der Waals surface area (Å²) < 4.78 is 5.35. The van der Waals surface area contributed by atoms with Crippen LogP contribution in [0.4, 0.5) is 11.4 Å². The van der Waals surface area contributed by atoms with E-state index in [1.54, 1.807) is 12.1 Å². The Kier molecular flexibility index (Phi) is 12.5. The molecule has 1 aromatic rings. The van der Waals surface area contributed by atoms with Crippen molar-refractivity contribution in [3.63, 3.8) is 0 Å². The normalized spacial score (nSPS) is 14.8. The van der Waals surface area contributed by atoms with Crippen LogP contribution in [-0.4, -0.2) is 74.8 Å². The van der Waals surface area contributed by atoms with Gasteiger partial charge in [0.2, 0.25) is 0 Å². The second-order valence-electron chi connectivity index (χ2n) is 6.23. The van der Waals surface area contributed by atoms with Gasteiger partial charge in [-0.3, -0.25) is 20.0 Å². The zero-order chi connectivity index (χ0) is 19.3. The van der Waals surface area contributed by atoms with Crippen LogP contribution in [0.15, 0.2) is 29.3 Å². The average Bonchev–Trinajstić information content (AvgIpc) is 2.69. The first-order valence-electron chi connectivity index (χ1n) is 9.49.